The van der Waals surface area contributed by atoms with E-state index >= 15 is 4.39 Å². The van der Waals surface area contributed by atoms with Gasteiger partial charge < -0.3 is 19.1 Å². The van der Waals surface area contributed by atoms with E-state index in [1.54, 1.807) is 24.3 Å². The van der Waals surface area contributed by atoms with Gasteiger partial charge in [0.05, 0.1) is 18.2 Å². The Labute approximate surface area is 245 Å². The number of nitrogens with zero attached hydrogens (tertiary/aromatic N) is 3. The molecule has 2 aromatic carbocycles. The van der Waals surface area contributed by atoms with Crippen LogP contribution < -0.4 is 15.2 Å². The number of rotatable bonds is 5. The van der Waals surface area contributed by atoms with Gasteiger partial charge in [-0.05, 0) is 30.2 Å². The highest BCUT2D eigenvalue weighted by Gasteiger charge is 2.48. The standard InChI is InChI=1S/C27H22ClF4N3O6S/c1-14(27(30,31)32)33-12-35(34-10-9-20(36)23(22(34)25(33)37)40-13-41-26(38)39-2)21-15-5-4-8-19(29)17(15)11-42-24-16(21)6-3-7-18(24)28/h3-10,14,21H,11-13H2,1-2H3/t14-,21+/m1/s1. The third kappa shape index (κ3) is 5.24. The van der Waals surface area contributed by atoms with Crippen LogP contribution in [0.5, 0.6) is 5.75 Å². The molecule has 1 aromatic heterocycles. The Morgan fingerprint density at radius 1 is 1.14 bits per heavy atom. The maximum Gasteiger partial charge on any atom is 0.510 e. The molecule has 3 aromatic rings. The Bertz CT molecular complexity index is 1560. The Morgan fingerprint density at radius 2 is 1.86 bits per heavy atom. The van der Waals surface area contributed by atoms with E-state index in [1.807, 2.05) is 0 Å². The molecular formula is C27H22ClF4N3O6S. The van der Waals surface area contributed by atoms with Gasteiger partial charge in [-0.2, -0.15) is 13.2 Å². The Balaban J connectivity index is 1.75. The average Bonchev–Trinajstić information content (AvgIpc) is 3.12. The summed E-state index contributed by atoms with van der Waals surface area (Å²) in [5, 5.41) is 1.76. The van der Waals surface area contributed by atoms with Gasteiger partial charge in [0.2, 0.25) is 18.0 Å². The summed E-state index contributed by atoms with van der Waals surface area (Å²) in [6.07, 6.45) is -4.76. The van der Waals surface area contributed by atoms with Crippen LogP contribution in [-0.2, 0) is 15.2 Å². The molecule has 2 aliphatic rings. The molecule has 0 saturated carbocycles. The van der Waals surface area contributed by atoms with Crippen molar-refractivity contribution in [3.63, 3.8) is 0 Å². The second-order valence-corrected chi connectivity index (χ2v) is 10.7. The first-order valence-corrected chi connectivity index (χ1v) is 13.7. The van der Waals surface area contributed by atoms with Crippen molar-refractivity contribution in [2.75, 3.05) is 25.6 Å². The highest BCUT2D eigenvalue weighted by atomic mass is 35.5. The van der Waals surface area contributed by atoms with Crippen LogP contribution in [0, 0.1) is 5.82 Å². The number of halogens is 5. The van der Waals surface area contributed by atoms with Crippen LogP contribution >= 0.6 is 23.4 Å². The zero-order chi connectivity index (χ0) is 30.3. The summed E-state index contributed by atoms with van der Waals surface area (Å²) in [4.78, 5) is 39.1. The van der Waals surface area contributed by atoms with Gasteiger partial charge in [-0.3, -0.25) is 19.3 Å². The van der Waals surface area contributed by atoms with E-state index in [1.165, 1.54) is 39.8 Å². The maximum absolute atomic E-state index is 15.2. The van der Waals surface area contributed by atoms with Gasteiger partial charge in [-0.25, -0.2) is 9.18 Å². The number of carbonyl (C=O) groups is 2. The van der Waals surface area contributed by atoms with E-state index in [4.69, 9.17) is 16.3 Å². The van der Waals surface area contributed by atoms with Crippen molar-refractivity contribution in [1.29, 1.82) is 0 Å². The Kier molecular flexibility index (Phi) is 8.03. The second-order valence-electron chi connectivity index (χ2n) is 9.29. The van der Waals surface area contributed by atoms with Crippen LogP contribution in [-0.4, -0.2) is 54.4 Å². The molecule has 15 heteroatoms. The number of fused-ring (bicyclic) bond motifs is 3. The fourth-order valence-corrected chi connectivity index (χ4v) is 6.36. The maximum atomic E-state index is 15.2. The number of benzene rings is 2. The lowest BCUT2D eigenvalue weighted by Crippen LogP contribution is -2.60. The number of thioether (sulfide) groups is 1. The minimum Gasteiger partial charge on any atom is -0.451 e. The monoisotopic (exact) mass is 627 g/mol. The van der Waals surface area contributed by atoms with Crippen LogP contribution in [0.4, 0.5) is 22.4 Å². The van der Waals surface area contributed by atoms with E-state index in [9.17, 15) is 27.6 Å². The number of ether oxygens (including phenoxy) is 3. The molecule has 0 N–H and O–H groups in total. The Hall–Kier alpha value is -3.91. The quantitative estimate of drug-likeness (QED) is 0.209. The lowest BCUT2D eigenvalue weighted by molar-refractivity contribution is -0.173. The molecule has 2 aliphatic heterocycles. The normalized spacial score (nSPS) is 17.0. The van der Waals surface area contributed by atoms with Crippen molar-refractivity contribution >= 4 is 35.4 Å². The summed E-state index contributed by atoms with van der Waals surface area (Å²) >= 11 is 7.81. The molecule has 0 fully saturated rings. The molecule has 0 aliphatic carbocycles. The summed E-state index contributed by atoms with van der Waals surface area (Å²) in [7, 11) is 1.04. The lowest BCUT2D eigenvalue weighted by atomic mass is 9.94. The van der Waals surface area contributed by atoms with E-state index in [2.05, 4.69) is 9.47 Å². The highest BCUT2D eigenvalue weighted by Crippen LogP contribution is 2.46. The van der Waals surface area contributed by atoms with Crippen molar-refractivity contribution in [2.45, 2.75) is 35.8 Å². The number of methoxy groups -OCH3 is 1. The number of hydrogen-bond acceptors (Lipinski definition) is 8. The van der Waals surface area contributed by atoms with Crippen molar-refractivity contribution in [3.8, 4) is 5.75 Å². The first-order valence-electron chi connectivity index (χ1n) is 12.4. The van der Waals surface area contributed by atoms with Crippen LogP contribution in [0.1, 0.15) is 40.1 Å². The van der Waals surface area contributed by atoms with Crippen molar-refractivity contribution in [2.24, 2.45) is 0 Å². The highest BCUT2D eigenvalue weighted by molar-refractivity contribution is 7.98. The molecule has 2 atom stereocenters. The smallest absolute Gasteiger partial charge is 0.451 e. The van der Waals surface area contributed by atoms with Crippen molar-refractivity contribution < 1.29 is 41.4 Å². The van der Waals surface area contributed by atoms with E-state index in [-0.39, 0.29) is 5.75 Å². The van der Waals surface area contributed by atoms with Crippen LogP contribution in [0.25, 0.3) is 0 Å². The fraction of sp³-hybridized carbons (Fsp3) is 0.296. The minimum absolute atomic E-state index is 0.181. The molecule has 3 heterocycles. The van der Waals surface area contributed by atoms with E-state index < -0.39 is 66.5 Å². The summed E-state index contributed by atoms with van der Waals surface area (Å²) in [5.74, 6) is -2.15. The molecule has 1 amide bonds. The van der Waals surface area contributed by atoms with Crippen molar-refractivity contribution in [1.82, 2.24) is 9.58 Å². The van der Waals surface area contributed by atoms with Gasteiger partial charge in [-0.15, -0.1) is 11.8 Å². The molecule has 0 saturated heterocycles. The molecule has 0 unspecified atom stereocenters. The topological polar surface area (TPSA) is 90.3 Å². The average molecular weight is 628 g/mol. The molecule has 42 heavy (non-hydrogen) atoms. The summed E-state index contributed by atoms with van der Waals surface area (Å²) in [5.41, 5.74) is -0.115. The zero-order valence-corrected chi connectivity index (χ0v) is 23.6. The largest absolute Gasteiger partial charge is 0.510 e. The molecular weight excluding hydrogens is 606 g/mol. The molecule has 0 spiro atoms. The van der Waals surface area contributed by atoms with Gasteiger partial charge in [0, 0.05) is 28.5 Å². The predicted octanol–water partition coefficient (Wildman–Crippen LogP) is 5.46. The van der Waals surface area contributed by atoms with E-state index in [0.717, 1.165) is 20.1 Å². The molecule has 9 nitrogen and oxygen atoms in total. The third-order valence-corrected chi connectivity index (χ3v) is 8.57. The number of alkyl halides is 3. The lowest BCUT2D eigenvalue weighted by Gasteiger charge is -2.46. The number of amides is 1. The molecule has 222 valence electrons. The minimum atomic E-state index is -4.84. The van der Waals surface area contributed by atoms with Gasteiger partial charge in [0.1, 0.15) is 18.5 Å². The van der Waals surface area contributed by atoms with Gasteiger partial charge in [0.25, 0.3) is 5.91 Å². The van der Waals surface area contributed by atoms with Gasteiger partial charge in [0.15, 0.2) is 5.69 Å². The van der Waals surface area contributed by atoms with Gasteiger partial charge >= 0.3 is 12.3 Å². The molecule has 5 rings (SSSR count). The van der Waals surface area contributed by atoms with Crippen molar-refractivity contribution in [3.05, 3.63) is 92.1 Å². The Morgan fingerprint density at radius 3 is 2.57 bits per heavy atom. The number of carbonyl (C=O) groups excluding carboxylic acids is 2. The van der Waals surface area contributed by atoms with Crippen LogP contribution in [0.15, 0.2) is 58.4 Å². The van der Waals surface area contributed by atoms with E-state index in [0.29, 0.717) is 31.5 Å². The molecule has 0 radical (unpaired) electrons. The fourth-order valence-electron chi connectivity index (χ4n) is 4.87. The SMILES string of the molecule is COC(=O)OCOc1c2n(ccc1=O)N([C@H]1c3cccc(F)c3CSc3c(Cl)cccc31)CN([C@H](C)C(F)(F)F)C2=O. The first kappa shape index (κ1) is 29.6. The number of pyridine rings is 1. The number of aromatic nitrogens is 1. The molecule has 0 bridgehead atoms. The summed E-state index contributed by atoms with van der Waals surface area (Å²) < 4.78 is 72.9. The zero-order valence-electron chi connectivity index (χ0n) is 22.0. The number of hydrogen-bond donors (Lipinski definition) is 0. The van der Waals surface area contributed by atoms with Crippen LogP contribution in [0.3, 0.4) is 0 Å². The first-order chi connectivity index (χ1) is 19.9. The summed E-state index contributed by atoms with van der Waals surface area (Å²) in [6, 6.07) is 7.24. The third-order valence-electron chi connectivity index (χ3n) is 6.96. The van der Waals surface area contributed by atoms with Crippen LogP contribution in [0.2, 0.25) is 5.02 Å². The summed E-state index contributed by atoms with van der Waals surface area (Å²) in [6.45, 7) is -0.659. The predicted molar refractivity (Wildman–Crippen MR) is 144 cm³/mol. The second kappa shape index (κ2) is 11.4. The van der Waals surface area contributed by atoms with Gasteiger partial charge in [-0.1, -0.05) is 35.9 Å².